The Balaban J connectivity index is 2.05. The van der Waals surface area contributed by atoms with Gasteiger partial charge in [0.05, 0.1) is 10.6 Å². The summed E-state index contributed by atoms with van der Waals surface area (Å²) in [4.78, 5) is 28.9. The standard InChI is InChI=1S/C31H38ClN3O4S/c1-6-29(31(37)33-19-22(2)3)34(20-25-13-15-26(32)16-14-25)30(36)21-35(27-17-12-23(4)24(5)18-27)40(38,39)28-10-8-7-9-11-28/h7-18,22,29H,6,19-21H2,1-5H3,(H,33,37)/t29-/m0/s1. The summed E-state index contributed by atoms with van der Waals surface area (Å²) in [5, 5.41) is 3.49. The fraction of sp³-hybridized carbons (Fsp3) is 0.355. The van der Waals surface area contributed by atoms with Crippen LogP contribution in [0.4, 0.5) is 5.69 Å². The first-order valence-corrected chi connectivity index (χ1v) is 15.2. The van der Waals surface area contributed by atoms with Crippen molar-refractivity contribution in [2.24, 2.45) is 5.92 Å². The van der Waals surface area contributed by atoms with E-state index in [0.717, 1.165) is 21.0 Å². The molecule has 0 unspecified atom stereocenters. The molecule has 0 saturated carbocycles. The van der Waals surface area contributed by atoms with Gasteiger partial charge < -0.3 is 10.2 Å². The number of hydrogen-bond acceptors (Lipinski definition) is 4. The van der Waals surface area contributed by atoms with Crippen molar-refractivity contribution in [3.63, 3.8) is 0 Å². The number of amides is 2. The lowest BCUT2D eigenvalue weighted by Crippen LogP contribution is -2.52. The SMILES string of the molecule is CC[C@@H](C(=O)NCC(C)C)N(Cc1ccc(Cl)cc1)C(=O)CN(c1ccc(C)c(C)c1)S(=O)(=O)c1ccccc1. The molecular weight excluding hydrogens is 546 g/mol. The fourth-order valence-electron chi connectivity index (χ4n) is 4.26. The third-order valence-corrected chi connectivity index (χ3v) is 8.77. The quantitative estimate of drug-likeness (QED) is 0.295. The largest absolute Gasteiger partial charge is 0.354 e. The molecule has 214 valence electrons. The summed E-state index contributed by atoms with van der Waals surface area (Å²) in [7, 11) is -4.10. The van der Waals surface area contributed by atoms with Gasteiger partial charge in [0.2, 0.25) is 11.8 Å². The highest BCUT2D eigenvalue weighted by Crippen LogP contribution is 2.27. The van der Waals surface area contributed by atoms with Crippen molar-refractivity contribution in [1.82, 2.24) is 10.2 Å². The van der Waals surface area contributed by atoms with Gasteiger partial charge in [-0.3, -0.25) is 13.9 Å². The van der Waals surface area contributed by atoms with Crippen LogP contribution in [0.5, 0.6) is 0 Å². The molecule has 0 aliphatic rings. The van der Waals surface area contributed by atoms with Crippen LogP contribution in [0.3, 0.4) is 0 Å². The number of carbonyl (C=O) groups is 2. The number of carbonyl (C=O) groups excluding carboxylic acids is 2. The minimum atomic E-state index is -4.10. The zero-order chi connectivity index (χ0) is 29.4. The molecule has 0 aliphatic carbocycles. The van der Waals surface area contributed by atoms with Crippen LogP contribution in [0.15, 0.2) is 77.7 Å². The smallest absolute Gasteiger partial charge is 0.264 e. The second-order valence-electron chi connectivity index (χ2n) is 10.3. The first-order chi connectivity index (χ1) is 18.9. The van der Waals surface area contributed by atoms with Crippen molar-refractivity contribution in [3.05, 3.63) is 94.5 Å². The van der Waals surface area contributed by atoms with E-state index in [-0.39, 0.29) is 23.3 Å². The number of halogens is 1. The van der Waals surface area contributed by atoms with Gasteiger partial charge in [0.25, 0.3) is 10.0 Å². The lowest BCUT2D eigenvalue weighted by atomic mass is 10.1. The number of sulfonamides is 1. The van der Waals surface area contributed by atoms with Crippen molar-refractivity contribution >= 4 is 39.1 Å². The Kier molecular flexibility index (Phi) is 10.8. The van der Waals surface area contributed by atoms with Gasteiger partial charge in [-0.05, 0) is 79.3 Å². The molecule has 0 bridgehead atoms. The number of aryl methyl sites for hydroxylation is 2. The molecule has 0 aliphatic heterocycles. The molecule has 0 heterocycles. The summed E-state index contributed by atoms with van der Waals surface area (Å²) in [5.41, 5.74) is 3.06. The fourth-order valence-corrected chi connectivity index (χ4v) is 5.81. The van der Waals surface area contributed by atoms with E-state index in [0.29, 0.717) is 23.7 Å². The lowest BCUT2D eigenvalue weighted by molar-refractivity contribution is -0.140. The maximum absolute atomic E-state index is 14.1. The van der Waals surface area contributed by atoms with Crippen LogP contribution in [-0.4, -0.2) is 44.3 Å². The van der Waals surface area contributed by atoms with Crippen LogP contribution < -0.4 is 9.62 Å². The predicted octanol–water partition coefficient (Wildman–Crippen LogP) is 5.73. The second kappa shape index (κ2) is 13.8. The highest BCUT2D eigenvalue weighted by Gasteiger charge is 2.33. The van der Waals surface area contributed by atoms with E-state index in [9.17, 15) is 18.0 Å². The monoisotopic (exact) mass is 583 g/mol. The molecule has 0 fully saturated rings. The molecule has 1 N–H and O–H groups in total. The molecule has 0 saturated heterocycles. The van der Waals surface area contributed by atoms with Gasteiger partial charge in [-0.1, -0.05) is 68.8 Å². The summed E-state index contributed by atoms with van der Waals surface area (Å²) in [6, 6.07) is 19.6. The highest BCUT2D eigenvalue weighted by molar-refractivity contribution is 7.92. The number of anilines is 1. The van der Waals surface area contributed by atoms with Crippen LogP contribution in [0.2, 0.25) is 5.02 Å². The number of benzene rings is 3. The Bertz CT molecular complexity index is 1410. The Morgan fingerprint density at radius 2 is 1.57 bits per heavy atom. The summed E-state index contributed by atoms with van der Waals surface area (Å²) < 4.78 is 28.9. The molecule has 3 rings (SSSR count). The van der Waals surface area contributed by atoms with Crippen LogP contribution in [0.1, 0.15) is 43.9 Å². The van der Waals surface area contributed by atoms with Crippen molar-refractivity contribution in [3.8, 4) is 0 Å². The van der Waals surface area contributed by atoms with Gasteiger partial charge in [0, 0.05) is 18.1 Å². The van der Waals surface area contributed by atoms with Crippen molar-refractivity contribution in [2.45, 2.75) is 58.5 Å². The Hall–Kier alpha value is -3.36. The van der Waals surface area contributed by atoms with E-state index in [1.165, 1.54) is 17.0 Å². The van der Waals surface area contributed by atoms with E-state index >= 15 is 0 Å². The van der Waals surface area contributed by atoms with Gasteiger partial charge in [0.15, 0.2) is 0 Å². The topological polar surface area (TPSA) is 86.8 Å². The maximum atomic E-state index is 14.1. The molecule has 3 aromatic rings. The summed E-state index contributed by atoms with van der Waals surface area (Å²) in [5.74, 6) is -0.528. The average molecular weight is 584 g/mol. The first kappa shape index (κ1) is 31.2. The van der Waals surface area contributed by atoms with E-state index in [2.05, 4.69) is 5.32 Å². The van der Waals surface area contributed by atoms with Crippen LogP contribution in [0.25, 0.3) is 0 Å². The molecular formula is C31H38ClN3O4S. The molecule has 9 heteroatoms. The highest BCUT2D eigenvalue weighted by atomic mass is 35.5. The Labute approximate surface area is 243 Å². The Morgan fingerprint density at radius 1 is 0.925 bits per heavy atom. The summed E-state index contributed by atoms with van der Waals surface area (Å²) in [6.45, 7) is 9.78. The normalized spacial score (nSPS) is 12.2. The Morgan fingerprint density at radius 3 is 2.15 bits per heavy atom. The van der Waals surface area contributed by atoms with Gasteiger partial charge in [-0.15, -0.1) is 0 Å². The van der Waals surface area contributed by atoms with E-state index < -0.39 is 28.5 Å². The second-order valence-corrected chi connectivity index (χ2v) is 12.6. The van der Waals surface area contributed by atoms with Gasteiger partial charge in [-0.25, -0.2) is 8.42 Å². The number of hydrogen-bond donors (Lipinski definition) is 1. The summed E-state index contributed by atoms with van der Waals surface area (Å²) in [6.07, 6.45) is 0.359. The van der Waals surface area contributed by atoms with Crippen LogP contribution in [-0.2, 0) is 26.2 Å². The molecule has 2 amide bonds. The minimum Gasteiger partial charge on any atom is -0.354 e. The van der Waals surface area contributed by atoms with E-state index in [4.69, 9.17) is 11.6 Å². The lowest BCUT2D eigenvalue weighted by Gasteiger charge is -2.33. The predicted molar refractivity (Wildman–Crippen MR) is 161 cm³/mol. The van der Waals surface area contributed by atoms with E-state index in [1.54, 1.807) is 54.6 Å². The minimum absolute atomic E-state index is 0.0759. The zero-order valence-corrected chi connectivity index (χ0v) is 25.3. The van der Waals surface area contributed by atoms with Crippen molar-refractivity contribution in [2.75, 3.05) is 17.4 Å². The number of nitrogens with zero attached hydrogens (tertiary/aromatic N) is 2. The molecule has 0 aromatic heterocycles. The number of rotatable bonds is 12. The van der Waals surface area contributed by atoms with Gasteiger partial charge in [0.1, 0.15) is 12.6 Å². The van der Waals surface area contributed by atoms with Crippen molar-refractivity contribution in [1.29, 1.82) is 0 Å². The third kappa shape index (κ3) is 7.86. The molecule has 0 spiro atoms. The first-order valence-electron chi connectivity index (χ1n) is 13.4. The third-order valence-electron chi connectivity index (χ3n) is 6.73. The van der Waals surface area contributed by atoms with Gasteiger partial charge >= 0.3 is 0 Å². The number of nitrogens with one attached hydrogen (secondary N) is 1. The van der Waals surface area contributed by atoms with Crippen molar-refractivity contribution < 1.29 is 18.0 Å². The molecule has 0 radical (unpaired) electrons. The van der Waals surface area contributed by atoms with Crippen LogP contribution >= 0.6 is 11.6 Å². The summed E-state index contributed by atoms with van der Waals surface area (Å²) >= 11 is 6.07. The molecule has 3 aromatic carbocycles. The maximum Gasteiger partial charge on any atom is 0.264 e. The van der Waals surface area contributed by atoms with Crippen LogP contribution in [0, 0.1) is 19.8 Å². The van der Waals surface area contributed by atoms with Gasteiger partial charge in [-0.2, -0.15) is 0 Å². The molecule has 1 atom stereocenters. The molecule has 7 nitrogen and oxygen atoms in total. The average Bonchev–Trinajstić information content (AvgIpc) is 2.93. The van der Waals surface area contributed by atoms with E-state index in [1.807, 2.05) is 40.7 Å². The zero-order valence-electron chi connectivity index (χ0n) is 23.7. The molecule has 40 heavy (non-hydrogen) atoms.